The van der Waals surface area contributed by atoms with E-state index in [1.807, 2.05) is 0 Å². The van der Waals surface area contributed by atoms with Gasteiger partial charge in [-0.15, -0.1) is 0 Å². The normalized spacial score (nSPS) is 12.1. The number of anilines is 1. The summed E-state index contributed by atoms with van der Waals surface area (Å²) in [4.78, 5) is 11.3. The summed E-state index contributed by atoms with van der Waals surface area (Å²) in [6.45, 7) is -1.35. The van der Waals surface area contributed by atoms with Gasteiger partial charge in [0.2, 0.25) is 3.79 Å². The van der Waals surface area contributed by atoms with Gasteiger partial charge in [-0.05, 0) is 17.7 Å². The maximum absolute atomic E-state index is 12.7. The van der Waals surface area contributed by atoms with Crippen LogP contribution in [0.15, 0.2) is 18.2 Å². The topological polar surface area (TPSA) is 58.6 Å². The monoisotopic (exact) mass is 365 g/mol. The Morgan fingerprint density at radius 2 is 1.90 bits per heavy atom. The van der Waals surface area contributed by atoms with Gasteiger partial charge >= 0.3 is 12.3 Å². The third kappa shape index (κ3) is 6.17. The number of halogens is 6. The minimum absolute atomic E-state index is 0.172. The predicted molar refractivity (Wildman–Crippen MR) is 72.6 cm³/mol. The zero-order valence-corrected chi connectivity index (χ0v) is 12.4. The molecule has 0 aliphatic carbocycles. The fourth-order valence-electron chi connectivity index (χ4n) is 1.36. The van der Waals surface area contributed by atoms with Gasteiger partial charge in [0.25, 0.3) is 0 Å². The Labute approximate surface area is 132 Å². The second-order valence-electron chi connectivity index (χ2n) is 3.84. The largest absolute Gasteiger partial charge is 0.445 e. The van der Waals surface area contributed by atoms with E-state index in [0.29, 0.717) is 6.07 Å². The fraction of sp³-hybridized carbons (Fsp3) is 0.364. The maximum atomic E-state index is 12.7. The zero-order chi connectivity index (χ0) is 16.3. The number of alkyl halides is 6. The van der Waals surface area contributed by atoms with E-state index >= 15 is 0 Å². The van der Waals surface area contributed by atoms with Crippen molar-refractivity contribution in [3.63, 3.8) is 0 Å². The van der Waals surface area contributed by atoms with Crippen LogP contribution < -0.4 is 5.32 Å². The molecule has 10 heteroatoms. The van der Waals surface area contributed by atoms with Crippen LogP contribution in [-0.4, -0.2) is 21.6 Å². The lowest BCUT2D eigenvalue weighted by atomic mass is 10.1. The van der Waals surface area contributed by atoms with Crippen molar-refractivity contribution >= 4 is 46.6 Å². The third-order valence-corrected chi connectivity index (χ3v) is 2.53. The molecule has 0 aromatic heterocycles. The number of carbonyl (C=O) groups excluding carboxylic acids is 1. The summed E-state index contributed by atoms with van der Waals surface area (Å²) in [5.41, 5.74) is -1.55. The van der Waals surface area contributed by atoms with Crippen LogP contribution in [0.5, 0.6) is 0 Å². The van der Waals surface area contributed by atoms with Crippen molar-refractivity contribution in [1.82, 2.24) is 0 Å². The minimum Gasteiger partial charge on any atom is -0.445 e. The average Bonchev–Trinajstić information content (AvgIpc) is 2.34. The highest BCUT2D eigenvalue weighted by molar-refractivity contribution is 6.67. The number of rotatable bonds is 3. The molecule has 0 bridgehead atoms. The second-order valence-corrected chi connectivity index (χ2v) is 6.36. The minimum atomic E-state index is -4.67. The van der Waals surface area contributed by atoms with E-state index in [0.717, 1.165) is 6.07 Å². The maximum Gasteiger partial charge on any atom is 0.416 e. The fourth-order valence-corrected chi connectivity index (χ4v) is 1.52. The molecule has 0 aliphatic rings. The first-order valence-corrected chi connectivity index (χ1v) is 6.48. The number of aliphatic hydroxyl groups is 1. The van der Waals surface area contributed by atoms with E-state index in [-0.39, 0.29) is 11.3 Å². The summed E-state index contributed by atoms with van der Waals surface area (Å²) in [5.74, 6) is 0. The summed E-state index contributed by atoms with van der Waals surface area (Å²) >= 11 is 16.1. The van der Waals surface area contributed by atoms with E-state index in [4.69, 9.17) is 39.9 Å². The smallest absolute Gasteiger partial charge is 0.416 e. The molecule has 0 spiro atoms. The molecule has 0 heterocycles. The van der Waals surface area contributed by atoms with Gasteiger partial charge in [-0.2, -0.15) is 13.2 Å². The molecule has 0 radical (unpaired) electrons. The Morgan fingerprint density at radius 1 is 1.29 bits per heavy atom. The summed E-state index contributed by atoms with van der Waals surface area (Å²) in [5, 5.41) is 10.9. The molecule has 1 aromatic rings. The van der Waals surface area contributed by atoms with Gasteiger partial charge in [-0.1, -0.05) is 40.9 Å². The standard InChI is InChI=1S/C11H9Cl3F3NO3/c12-10(13,14)5-21-9(20)18-7-2-1-6(4-19)8(3-7)11(15,16)17/h1-3,19H,4-5H2,(H,18,20). The molecule has 0 fully saturated rings. The highest BCUT2D eigenvalue weighted by Crippen LogP contribution is 2.34. The number of hydrogen-bond donors (Lipinski definition) is 2. The van der Waals surface area contributed by atoms with Gasteiger partial charge in [0.05, 0.1) is 12.2 Å². The Morgan fingerprint density at radius 3 is 2.38 bits per heavy atom. The van der Waals surface area contributed by atoms with Gasteiger partial charge in [-0.25, -0.2) is 4.79 Å². The molecule has 21 heavy (non-hydrogen) atoms. The lowest BCUT2D eigenvalue weighted by Crippen LogP contribution is -2.21. The van der Waals surface area contributed by atoms with E-state index in [2.05, 4.69) is 10.1 Å². The summed E-state index contributed by atoms with van der Waals surface area (Å²) < 4.78 is 40.9. The predicted octanol–water partition coefficient (Wildman–Crippen LogP) is 4.12. The van der Waals surface area contributed by atoms with Gasteiger partial charge in [0.1, 0.15) is 6.61 Å². The van der Waals surface area contributed by atoms with Crippen LogP contribution in [0.3, 0.4) is 0 Å². The molecular formula is C11H9Cl3F3NO3. The second kappa shape index (κ2) is 6.91. The van der Waals surface area contributed by atoms with Crippen LogP contribution in [0.4, 0.5) is 23.7 Å². The molecule has 118 valence electrons. The summed E-state index contributed by atoms with van der Waals surface area (Å²) in [6, 6.07) is 2.88. The number of hydrogen-bond acceptors (Lipinski definition) is 3. The Bertz CT molecular complexity index is 518. The molecule has 0 saturated carbocycles. The Kier molecular flexibility index (Phi) is 5.98. The van der Waals surface area contributed by atoms with Crippen molar-refractivity contribution in [3.8, 4) is 0 Å². The summed E-state index contributed by atoms with van der Waals surface area (Å²) in [7, 11) is 0. The molecule has 0 unspecified atom stereocenters. The molecule has 1 rings (SSSR count). The number of nitrogens with one attached hydrogen (secondary N) is 1. The van der Waals surface area contributed by atoms with Gasteiger partial charge in [-0.3, -0.25) is 5.32 Å². The quantitative estimate of drug-likeness (QED) is 0.791. The molecule has 1 aromatic carbocycles. The molecular weight excluding hydrogens is 357 g/mol. The van der Waals surface area contributed by atoms with Crippen molar-refractivity contribution in [2.75, 3.05) is 11.9 Å². The molecule has 0 saturated heterocycles. The van der Waals surface area contributed by atoms with Gasteiger partial charge in [0, 0.05) is 5.69 Å². The Hall–Kier alpha value is -0.890. The molecule has 0 atom stereocenters. The Balaban J connectivity index is 2.83. The van der Waals surface area contributed by atoms with Crippen molar-refractivity contribution < 1.29 is 27.8 Å². The number of benzene rings is 1. The highest BCUT2D eigenvalue weighted by Gasteiger charge is 2.33. The average molecular weight is 367 g/mol. The number of amides is 1. The first-order valence-electron chi connectivity index (χ1n) is 5.34. The van der Waals surface area contributed by atoms with Crippen molar-refractivity contribution in [2.24, 2.45) is 0 Å². The molecule has 2 N–H and O–H groups in total. The summed E-state index contributed by atoms with van der Waals surface area (Å²) in [6.07, 6.45) is -5.75. The van der Waals surface area contributed by atoms with Crippen LogP contribution >= 0.6 is 34.8 Å². The number of aliphatic hydroxyl groups excluding tert-OH is 1. The lowest BCUT2D eigenvalue weighted by molar-refractivity contribution is -0.138. The molecule has 1 amide bonds. The highest BCUT2D eigenvalue weighted by atomic mass is 35.6. The van der Waals surface area contributed by atoms with Crippen LogP contribution in [-0.2, 0) is 17.5 Å². The first kappa shape index (κ1) is 18.2. The first-order chi connectivity index (χ1) is 9.53. The van der Waals surface area contributed by atoms with E-state index in [1.54, 1.807) is 0 Å². The van der Waals surface area contributed by atoms with Crippen molar-refractivity contribution in [3.05, 3.63) is 29.3 Å². The van der Waals surface area contributed by atoms with Crippen LogP contribution in [0.25, 0.3) is 0 Å². The lowest BCUT2D eigenvalue weighted by Gasteiger charge is -2.15. The number of carbonyl (C=O) groups is 1. The SMILES string of the molecule is O=C(Nc1ccc(CO)c(C(F)(F)F)c1)OCC(Cl)(Cl)Cl. The zero-order valence-electron chi connectivity index (χ0n) is 10.2. The molecule has 0 aliphatic heterocycles. The van der Waals surface area contributed by atoms with Crippen LogP contribution in [0.2, 0.25) is 0 Å². The van der Waals surface area contributed by atoms with Gasteiger partial charge in [0.15, 0.2) is 0 Å². The van der Waals surface area contributed by atoms with Gasteiger partial charge < -0.3 is 9.84 Å². The van der Waals surface area contributed by atoms with Crippen molar-refractivity contribution in [1.29, 1.82) is 0 Å². The van der Waals surface area contributed by atoms with Crippen LogP contribution in [0, 0.1) is 0 Å². The van der Waals surface area contributed by atoms with E-state index in [1.165, 1.54) is 6.07 Å². The van der Waals surface area contributed by atoms with E-state index < -0.39 is 34.8 Å². The third-order valence-electron chi connectivity index (χ3n) is 2.20. The van der Waals surface area contributed by atoms with Crippen LogP contribution in [0.1, 0.15) is 11.1 Å². The van der Waals surface area contributed by atoms with E-state index in [9.17, 15) is 18.0 Å². The molecule has 4 nitrogen and oxygen atoms in total. The van der Waals surface area contributed by atoms with Crippen molar-refractivity contribution in [2.45, 2.75) is 16.6 Å². The number of ether oxygens (including phenoxy) is 1.